The van der Waals surface area contributed by atoms with E-state index in [0.717, 1.165) is 17.2 Å². The van der Waals surface area contributed by atoms with Crippen LogP contribution in [0.1, 0.15) is 34.6 Å². The summed E-state index contributed by atoms with van der Waals surface area (Å²) in [6, 6.07) is 8.65. The van der Waals surface area contributed by atoms with E-state index in [-0.39, 0.29) is 0 Å². The Morgan fingerprint density at radius 1 is 1.30 bits per heavy atom. The molecule has 0 amide bonds. The third kappa shape index (κ3) is 6.71. The van der Waals surface area contributed by atoms with Gasteiger partial charge in [-0.15, -0.1) is 0 Å². The third-order valence-corrected chi connectivity index (χ3v) is 4.41. The maximum Gasteiger partial charge on any atom is 0.303 e. The fourth-order valence-corrected chi connectivity index (χ4v) is 2.69. The summed E-state index contributed by atoms with van der Waals surface area (Å²) in [6.07, 6.45) is 4.00. The molecule has 3 heteroatoms. The molecular weight excluding hydrogens is 264 g/mol. The molecule has 1 unspecified atom stereocenters. The first-order valence-corrected chi connectivity index (χ1v) is 10.6. The van der Waals surface area contributed by atoms with E-state index in [1.54, 1.807) is 0 Å². The van der Waals surface area contributed by atoms with Crippen molar-refractivity contribution >= 4 is 14.0 Å². The quantitative estimate of drug-likeness (QED) is 0.424. The van der Waals surface area contributed by atoms with E-state index in [1.807, 2.05) is 37.3 Å². The third-order valence-electron chi connectivity index (χ3n) is 2.95. The van der Waals surface area contributed by atoms with Crippen LogP contribution in [0.4, 0.5) is 0 Å². The number of ether oxygens (including phenoxy) is 1. The molecule has 1 aromatic carbocycles. The summed E-state index contributed by atoms with van der Waals surface area (Å²) >= 11 is 0. The van der Waals surface area contributed by atoms with Crippen molar-refractivity contribution in [3.63, 3.8) is 0 Å². The molecule has 0 heterocycles. The van der Waals surface area contributed by atoms with E-state index in [0.29, 0.717) is 6.42 Å². The van der Waals surface area contributed by atoms with Crippen molar-refractivity contribution in [1.82, 2.24) is 0 Å². The van der Waals surface area contributed by atoms with Gasteiger partial charge in [0, 0.05) is 25.5 Å². The van der Waals surface area contributed by atoms with Crippen molar-refractivity contribution in [3.05, 3.63) is 47.5 Å². The van der Waals surface area contributed by atoms with Crippen LogP contribution in [0.5, 0.6) is 0 Å². The zero-order chi connectivity index (χ0) is 17.7. The van der Waals surface area contributed by atoms with E-state index < -0.39 is 27.0 Å². The number of carbonyl (C=O) groups excluding carboxylic acids is 1. The maximum atomic E-state index is 11.7. The molecule has 110 valence electrons. The van der Waals surface area contributed by atoms with Crippen LogP contribution in [0, 0.1) is 6.92 Å². The lowest BCUT2D eigenvalue weighted by Crippen LogP contribution is -2.17. The summed E-state index contributed by atoms with van der Waals surface area (Å²) in [7, 11) is -1.16. The summed E-state index contributed by atoms with van der Waals surface area (Å²) in [4.78, 5) is 11.7. The lowest BCUT2D eigenvalue weighted by atomic mass is 10.0. The number of aryl methyl sites for hydroxylation is 1. The molecule has 0 aliphatic heterocycles. The van der Waals surface area contributed by atoms with Gasteiger partial charge >= 0.3 is 5.97 Å². The molecule has 0 radical (unpaired) electrons. The van der Waals surface area contributed by atoms with Gasteiger partial charge in [-0.2, -0.15) is 0 Å². The summed E-state index contributed by atoms with van der Waals surface area (Å²) < 4.78 is 26.7. The van der Waals surface area contributed by atoms with Gasteiger partial charge in [0.2, 0.25) is 0 Å². The Bertz CT molecular complexity index is 542. The van der Waals surface area contributed by atoms with Gasteiger partial charge in [-0.25, -0.2) is 0 Å². The average molecular weight is 293 g/mol. The number of carbonyl (C=O) groups is 1. The SMILES string of the molecule is [2H]C([2H])([2H])C(=O)OC(C/C=C/C[Si](C)(C)C)c1ccc(C)cc1. The van der Waals surface area contributed by atoms with Crippen LogP contribution in [0.2, 0.25) is 25.7 Å². The summed E-state index contributed by atoms with van der Waals surface area (Å²) in [5.74, 6) is -1.15. The molecule has 0 aromatic heterocycles. The largest absolute Gasteiger partial charge is 0.457 e. The van der Waals surface area contributed by atoms with Crippen molar-refractivity contribution in [2.75, 3.05) is 0 Å². The molecule has 0 aliphatic carbocycles. The Labute approximate surface area is 128 Å². The van der Waals surface area contributed by atoms with Gasteiger partial charge in [-0.1, -0.05) is 61.6 Å². The number of benzene rings is 1. The minimum atomic E-state index is -2.73. The standard InChI is InChI=1S/C17H26O2Si/c1-14-9-11-16(12-10-14)17(19-15(2)18)8-6-7-13-20(3,4)5/h6-7,9-12,17H,8,13H2,1-5H3/b7-6+/i2D3. The minimum Gasteiger partial charge on any atom is -0.457 e. The molecule has 1 rings (SSSR count). The van der Waals surface area contributed by atoms with Crippen molar-refractivity contribution < 1.29 is 13.6 Å². The van der Waals surface area contributed by atoms with Gasteiger partial charge < -0.3 is 4.74 Å². The van der Waals surface area contributed by atoms with E-state index in [4.69, 9.17) is 8.85 Å². The highest BCUT2D eigenvalue weighted by Crippen LogP contribution is 2.23. The maximum absolute atomic E-state index is 11.7. The monoisotopic (exact) mass is 293 g/mol. The fraction of sp³-hybridized carbons (Fsp3) is 0.471. The van der Waals surface area contributed by atoms with E-state index in [9.17, 15) is 4.79 Å². The predicted octanol–water partition coefficient (Wildman–Crippen LogP) is 4.88. The number of rotatable bonds is 6. The van der Waals surface area contributed by atoms with Crippen LogP contribution in [-0.4, -0.2) is 14.0 Å². The first-order chi connectivity index (χ1) is 10.5. The molecule has 20 heavy (non-hydrogen) atoms. The normalized spacial score (nSPS) is 16.3. The zero-order valence-corrected chi connectivity index (χ0v) is 13.8. The van der Waals surface area contributed by atoms with Crippen LogP contribution in [0.3, 0.4) is 0 Å². The average Bonchev–Trinajstić information content (AvgIpc) is 2.41. The highest BCUT2D eigenvalue weighted by molar-refractivity contribution is 6.76. The van der Waals surface area contributed by atoms with E-state index in [2.05, 4.69) is 25.7 Å². The minimum absolute atomic E-state index is 0.482. The first kappa shape index (κ1) is 12.4. The molecule has 2 nitrogen and oxygen atoms in total. The lowest BCUT2D eigenvalue weighted by Gasteiger charge is -2.16. The van der Waals surface area contributed by atoms with Crippen molar-refractivity contribution in [2.45, 2.75) is 52.0 Å². The molecule has 0 saturated carbocycles. The molecule has 0 spiro atoms. The van der Waals surface area contributed by atoms with Crippen molar-refractivity contribution in [2.24, 2.45) is 0 Å². The van der Waals surface area contributed by atoms with Gasteiger partial charge in [0.25, 0.3) is 0 Å². The van der Waals surface area contributed by atoms with E-state index >= 15 is 0 Å². The number of allylic oxidation sites excluding steroid dienone is 1. The Hall–Kier alpha value is -1.35. The number of esters is 1. The van der Waals surface area contributed by atoms with Crippen LogP contribution < -0.4 is 0 Å². The topological polar surface area (TPSA) is 26.3 Å². The Morgan fingerprint density at radius 3 is 2.50 bits per heavy atom. The van der Waals surface area contributed by atoms with Gasteiger partial charge in [0.05, 0.1) is 0 Å². The van der Waals surface area contributed by atoms with Crippen LogP contribution in [0.25, 0.3) is 0 Å². The summed E-state index contributed by atoms with van der Waals surface area (Å²) in [6.45, 7) is 6.09. The second-order valence-electron chi connectivity index (χ2n) is 6.28. The van der Waals surface area contributed by atoms with Crippen LogP contribution in [-0.2, 0) is 9.53 Å². The second kappa shape index (κ2) is 7.43. The zero-order valence-electron chi connectivity index (χ0n) is 15.8. The van der Waals surface area contributed by atoms with Crippen molar-refractivity contribution in [3.8, 4) is 0 Å². The second-order valence-corrected chi connectivity index (χ2v) is 11.8. The highest BCUT2D eigenvalue weighted by Gasteiger charge is 2.14. The smallest absolute Gasteiger partial charge is 0.303 e. The molecule has 0 N–H and O–H groups in total. The summed E-state index contributed by atoms with van der Waals surface area (Å²) in [5.41, 5.74) is 1.91. The Morgan fingerprint density at radius 2 is 1.95 bits per heavy atom. The number of hydrogen-bond donors (Lipinski definition) is 0. The predicted molar refractivity (Wildman–Crippen MR) is 87.6 cm³/mol. The molecule has 0 bridgehead atoms. The number of hydrogen-bond acceptors (Lipinski definition) is 2. The van der Waals surface area contributed by atoms with Crippen molar-refractivity contribution in [1.29, 1.82) is 0 Å². The summed E-state index contributed by atoms with van der Waals surface area (Å²) in [5, 5.41) is 0. The Balaban J connectivity index is 2.84. The van der Waals surface area contributed by atoms with Crippen LogP contribution >= 0.6 is 0 Å². The Kier molecular flexibility index (Phi) is 4.61. The molecule has 0 saturated heterocycles. The first-order valence-electron chi connectivity index (χ1n) is 8.42. The van der Waals surface area contributed by atoms with Gasteiger partial charge in [0.15, 0.2) is 0 Å². The van der Waals surface area contributed by atoms with Gasteiger partial charge in [-0.3, -0.25) is 4.79 Å². The van der Waals surface area contributed by atoms with Gasteiger partial charge in [-0.05, 0) is 18.5 Å². The van der Waals surface area contributed by atoms with Crippen LogP contribution in [0.15, 0.2) is 36.4 Å². The highest BCUT2D eigenvalue weighted by atomic mass is 28.3. The fourth-order valence-electron chi connectivity index (χ4n) is 1.82. The lowest BCUT2D eigenvalue weighted by molar-refractivity contribution is -0.146. The van der Waals surface area contributed by atoms with Gasteiger partial charge in [0.1, 0.15) is 6.10 Å². The molecular formula is C17H26O2Si. The van der Waals surface area contributed by atoms with E-state index in [1.165, 1.54) is 0 Å². The molecule has 1 atom stereocenters. The molecule has 0 fully saturated rings. The molecule has 1 aromatic rings. The molecule has 0 aliphatic rings.